The molecule has 0 saturated carbocycles. The number of H-pyrrole nitrogens is 1. The molecule has 7 nitrogen and oxygen atoms in total. The van der Waals surface area contributed by atoms with Crippen LogP contribution in [0, 0.1) is 0 Å². The minimum Gasteiger partial charge on any atom is -0.322 e. The van der Waals surface area contributed by atoms with Crippen LogP contribution in [0.25, 0.3) is 28.0 Å². The first kappa shape index (κ1) is 21.7. The molecule has 5 aromatic rings. The fourth-order valence-electron chi connectivity index (χ4n) is 3.54. The number of anilines is 1. The van der Waals surface area contributed by atoms with Gasteiger partial charge in [0.15, 0.2) is 5.65 Å². The van der Waals surface area contributed by atoms with Crippen molar-refractivity contribution in [2.45, 2.75) is 6.18 Å². The van der Waals surface area contributed by atoms with Gasteiger partial charge >= 0.3 is 6.18 Å². The van der Waals surface area contributed by atoms with Crippen molar-refractivity contribution >= 4 is 28.8 Å². The summed E-state index contributed by atoms with van der Waals surface area (Å²) >= 11 is 6.45. The molecule has 0 saturated heterocycles. The third-order valence-corrected chi connectivity index (χ3v) is 5.49. The van der Waals surface area contributed by atoms with Gasteiger partial charge in [-0.15, -0.1) is 0 Å². The van der Waals surface area contributed by atoms with Crippen LogP contribution in [0.3, 0.4) is 0 Å². The van der Waals surface area contributed by atoms with E-state index >= 15 is 0 Å². The zero-order valence-corrected chi connectivity index (χ0v) is 17.9. The van der Waals surface area contributed by atoms with Crippen LogP contribution in [0.15, 0.2) is 73.3 Å². The molecule has 0 aliphatic heterocycles. The lowest BCUT2D eigenvalue weighted by molar-refractivity contribution is -0.137. The van der Waals surface area contributed by atoms with Crippen LogP contribution in [0.4, 0.5) is 18.9 Å². The zero-order chi connectivity index (χ0) is 23.9. The van der Waals surface area contributed by atoms with Crippen molar-refractivity contribution in [3.05, 3.63) is 89.5 Å². The van der Waals surface area contributed by atoms with Crippen molar-refractivity contribution < 1.29 is 18.0 Å². The molecule has 0 aliphatic rings. The SMILES string of the molecule is O=C(Nc1ccc(Cl)c(-c2ccnc3c(-c4cn[nH]c4)cnn23)c1)c1cccc(C(F)(F)F)c1. The second-order valence-electron chi connectivity index (χ2n) is 7.34. The van der Waals surface area contributed by atoms with Crippen LogP contribution < -0.4 is 5.32 Å². The van der Waals surface area contributed by atoms with E-state index in [0.717, 1.165) is 23.3 Å². The molecule has 0 spiro atoms. The summed E-state index contributed by atoms with van der Waals surface area (Å²) in [5, 5.41) is 14.1. The maximum absolute atomic E-state index is 13.0. The molecule has 0 fully saturated rings. The second kappa shape index (κ2) is 8.31. The fraction of sp³-hybridized carbons (Fsp3) is 0.0435. The molecule has 5 rings (SSSR count). The Morgan fingerprint density at radius 3 is 2.68 bits per heavy atom. The number of carbonyl (C=O) groups is 1. The number of nitrogens with zero attached hydrogens (tertiary/aromatic N) is 4. The Bertz CT molecular complexity index is 1510. The number of alkyl halides is 3. The number of halogens is 4. The Kier molecular flexibility index (Phi) is 5.29. The van der Waals surface area contributed by atoms with Crippen molar-refractivity contribution in [3.63, 3.8) is 0 Å². The number of carbonyl (C=O) groups excluding carboxylic acids is 1. The lowest BCUT2D eigenvalue weighted by Crippen LogP contribution is -2.14. The molecule has 170 valence electrons. The molecule has 3 aromatic heterocycles. The molecule has 0 radical (unpaired) electrons. The minimum absolute atomic E-state index is 0.116. The maximum Gasteiger partial charge on any atom is 0.416 e. The first-order chi connectivity index (χ1) is 16.3. The predicted octanol–water partition coefficient (Wildman–Crippen LogP) is 5.71. The molecule has 2 aromatic carbocycles. The summed E-state index contributed by atoms with van der Waals surface area (Å²) in [6, 6.07) is 10.7. The van der Waals surface area contributed by atoms with Crippen molar-refractivity contribution in [1.29, 1.82) is 0 Å². The minimum atomic E-state index is -4.55. The topological polar surface area (TPSA) is 88.0 Å². The van der Waals surface area contributed by atoms with Gasteiger partial charge in [0.1, 0.15) is 0 Å². The van der Waals surface area contributed by atoms with Crippen LogP contribution in [0.5, 0.6) is 0 Å². The lowest BCUT2D eigenvalue weighted by atomic mass is 10.1. The van der Waals surface area contributed by atoms with Gasteiger partial charge in [0.05, 0.1) is 28.7 Å². The lowest BCUT2D eigenvalue weighted by Gasteiger charge is -2.12. The Hall–Kier alpha value is -4.18. The molecular weight excluding hydrogens is 469 g/mol. The van der Waals surface area contributed by atoms with E-state index < -0.39 is 17.6 Å². The third-order valence-electron chi connectivity index (χ3n) is 5.16. The number of fused-ring (bicyclic) bond motifs is 1. The summed E-state index contributed by atoms with van der Waals surface area (Å²) in [5.74, 6) is -0.680. The van der Waals surface area contributed by atoms with Crippen LogP contribution in [-0.4, -0.2) is 30.7 Å². The Balaban J connectivity index is 1.50. The molecule has 1 amide bonds. The average molecular weight is 483 g/mol. The van der Waals surface area contributed by atoms with E-state index in [2.05, 4.69) is 25.6 Å². The summed E-state index contributed by atoms with van der Waals surface area (Å²) in [7, 11) is 0. The van der Waals surface area contributed by atoms with E-state index in [1.54, 1.807) is 53.6 Å². The molecule has 0 atom stereocenters. The standard InChI is InChI=1S/C23H14ClF3N6O/c24-19-5-4-16(32-22(34)13-2-1-3-15(8-13)23(25,26)27)9-17(19)20-6-7-28-21-18(12-31-33(20)21)14-10-29-30-11-14/h1-12H,(H,29,30)(H,32,34). The molecule has 2 N–H and O–H groups in total. The summed E-state index contributed by atoms with van der Waals surface area (Å²) in [6.07, 6.45) is 2.10. The summed E-state index contributed by atoms with van der Waals surface area (Å²) in [6.45, 7) is 0. The van der Waals surface area contributed by atoms with Crippen molar-refractivity contribution in [2.75, 3.05) is 5.32 Å². The molecular formula is C23H14ClF3N6O. The van der Waals surface area contributed by atoms with E-state index in [-0.39, 0.29) is 5.56 Å². The average Bonchev–Trinajstić information content (AvgIpc) is 3.49. The van der Waals surface area contributed by atoms with Gasteiger partial charge in [0, 0.05) is 40.3 Å². The molecule has 3 heterocycles. The molecule has 0 bridgehead atoms. The van der Waals surface area contributed by atoms with E-state index in [4.69, 9.17) is 11.6 Å². The van der Waals surface area contributed by atoms with Crippen LogP contribution in [0.1, 0.15) is 15.9 Å². The van der Waals surface area contributed by atoms with Crippen molar-refractivity contribution in [2.24, 2.45) is 0 Å². The number of aromatic amines is 1. The van der Waals surface area contributed by atoms with Crippen molar-refractivity contribution in [3.8, 4) is 22.4 Å². The first-order valence-corrected chi connectivity index (χ1v) is 10.3. The predicted molar refractivity (Wildman–Crippen MR) is 120 cm³/mol. The smallest absolute Gasteiger partial charge is 0.322 e. The van der Waals surface area contributed by atoms with Gasteiger partial charge in [0.2, 0.25) is 0 Å². The number of aromatic nitrogens is 5. The highest BCUT2D eigenvalue weighted by Crippen LogP contribution is 2.33. The first-order valence-electron chi connectivity index (χ1n) is 9.92. The van der Waals surface area contributed by atoms with Crippen LogP contribution >= 0.6 is 11.6 Å². The molecule has 11 heteroatoms. The Labute approximate surface area is 195 Å². The third kappa shape index (κ3) is 3.99. The Morgan fingerprint density at radius 2 is 1.91 bits per heavy atom. The largest absolute Gasteiger partial charge is 0.416 e. The van der Waals surface area contributed by atoms with E-state index in [0.29, 0.717) is 27.6 Å². The zero-order valence-electron chi connectivity index (χ0n) is 17.1. The van der Waals surface area contributed by atoms with Gasteiger partial charge in [-0.25, -0.2) is 9.50 Å². The van der Waals surface area contributed by atoms with Gasteiger partial charge in [-0.1, -0.05) is 17.7 Å². The van der Waals surface area contributed by atoms with Gasteiger partial charge in [-0.3, -0.25) is 9.89 Å². The molecule has 0 unspecified atom stereocenters. The number of amides is 1. The number of hydrogen-bond donors (Lipinski definition) is 2. The number of rotatable bonds is 4. The Morgan fingerprint density at radius 1 is 1.06 bits per heavy atom. The highest BCUT2D eigenvalue weighted by molar-refractivity contribution is 6.33. The van der Waals surface area contributed by atoms with Crippen LogP contribution in [-0.2, 0) is 6.18 Å². The van der Waals surface area contributed by atoms with Gasteiger partial charge < -0.3 is 5.32 Å². The van der Waals surface area contributed by atoms with E-state index in [9.17, 15) is 18.0 Å². The number of hydrogen-bond acceptors (Lipinski definition) is 4. The summed E-state index contributed by atoms with van der Waals surface area (Å²) in [4.78, 5) is 17.0. The molecule has 0 aliphatic carbocycles. The fourth-order valence-corrected chi connectivity index (χ4v) is 3.75. The van der Waals surface area contributed by atoms with E-state index in [1.807, 2.05) is 0 Å². The normalized spacial score (nSPS) is 11.6. The highest BCUT2D eigenvalue weighted by Gasteiger charge is 2.31. The van der Waals surface area contributed by atoms with Gasteiger partial charge in [0.25, 0.3) is 5.91 Å². The highest BCUT2D eigenvalue weighted by atomic mass is 35.5. The van der Waals surface area contributed by atoms with E-state index in [1.165, 1.54) is 12.1 Å². The number of benzene rings is 2. The molecule has 34 heavy (non-hydrogen) atoms. The summed E-state index contributed by atoms with van der Waals surface area (Å²) < 4.78 is 40.6. The summed E-state index contributed by atoms with van der Waals surface area (Å²) in [5.41, 5.74) is 2.66. The van der Waals surface area contributed by atoms with Gasteiger partial charge in [-0.2, -0.15) is 23.4 Å². The monoisotopic (exact) mass is 482 g/mol. The maximum atomic E-state index is 13.0. The van der Waals surface area contributed by atoms with Crippen molar-refractivity contribution in [1.82, 2.24) is 24.8 Å². The van der Waals surface area contributed by atoms with Gasteiger partial charge in [-0.05, 0) is 42.5 Å². The second-order valence-corrected chi connectivity index (χ2v) is 7.75. The van der Waals surface area contributed by atoms with Crippen LogP contribution in [0.2, 0.25) is 5.02 Å². The number of nitrogens with one attached hydrogen (secondary N) is 2. The quantitative estimate of drug-likeness (QED) is 0.343.